The third kappa shape index (κ3) is 3.81. The first-order chi connectivity index (χ1) is 11.3. The van der Waals surface area contributed by atoms with Crippen molar-refractivity contribution in [2.24, 2.45) is 5.10 Å². The molecule has 1 amide bonds. The second-order valence-electron chi connectivity index (χ2n) is 5.48. The van der Waals surface area contributed by atoms with E-state index in [0.29, 0.717) is 11.3 Å². The van der Waals surface area contributed by atoms with Crippen LogP contribution in [0.15, 0.2) is 44.6 Å². The van der Waals surface area contributed by atoms with Crippen LogP contribution in [-0.2, 0) is 0 Å². The van der Waals surface area contributed by atoms with Crippen LogP contribution in [-0.4, -0.2) is 30.8 Å². The standard InChI is InChI=1S/C17H19N3O4/c1-10-9-14(21)15(17(23)24-10)11(2)18-19-16(22)12-5-7-13(8-6-12)20(3)4/h5-9,21H,1-4H3,(H,19,22)/b18-11-. The molecule has 2 aromatic rings. The normalized spacial score (nSPS) is 11.2. The molecule has 0 atom stereocenters. The van der Waals surface area contributed by atoms with E-state index in [0.717, 1.165) is 5.69 Å². The third-order valence-electron chi connectivity index (χ3n) is 3.39. The number of hydrogen-bond donors (Lipinski definition) is 2. The van der Waals surface area contributed by atoms with Crippen LogP contribution in [0, 0.1) is 6.92 Å². The van der Waals surface area contributed by atoms with Gasteiger partial charge in [0, 0.05) is 31.4 Å². The molecule has 126 valence electrons. The first-order valence-electron chi connectivity index (χ1n) is 7.25. The van der Waals surface area contributed by atoms with E-state index in [-0.39, 0.29) is 17.0 Å². The molecule has 0 aliphatic carbocycles. The van der Waals surface area contributed by atoms with Crippen molar-refractivity contribution in [3.8, 4) is 5.75 Å². The molecule has 0 aliphatic rings. The topological polar surface area (TPSA) is 95.1 Å². The predicted molar refractivity (Wildman–Crippen MR) is 91.8 cm³/mol. The highest BCUT2D eigenvalue weighted by Crippen LogP contribution is 2.15. The van der Waals surface area contributed by atoms with Gasteiger partial charge in [0.1, 0.15) is 17.1 Å². The number of carbonyl (C=O) groups excluding carboxylic acids is 1. The molecule has 1 heterocycles. The molecule has 0 fully saturated rings. The molecule has 0 spiro atoms. The largest absolute Gasteiger partial charge is 0.507 e. The lowest BCUT2D eigenvalue weighted by Gasteiger charge is -2.12. The van der Waals surface area contributed by atoms with E-state index in [4.69, 9.17) is 4.42 Å². The summed E-state index contributed by atoms with van der Waals surface area (Å²) < 4.78 is 4.92. The second-order valence-corrected chi connectivity index (χ2v) is 5.48. The zero-order valence-electron chi connectivity index (χ0n) is 14.0. The number of benzene rings is 1. The number of hydrazone groups is 1. The van der Waals surface area contributed by atoms with Crippen molar-refractivity contribution in [2.45, 2.75) is 13.8 Å². The lowest BCUT2D eigenvalue weighted by atomic mass is 10.2. The molecule has 0 radical (unpaired) electrons. The molecule has 0 aliphatic heterocycles. The quantitative estimate of drug-likeness (QED) is 0.659. The van der Waals surface area contributed by atoms with Gasteiger partial charge in [0.25, 0.3) is 5.91 Å². The van der Waals surface area contributed by atoms with E-state index in [1.165, 1.54) is 13.0 Å². The van der Waals surface area contributed by atoms with E-state index >= 15 is 0 Å². The van der Waals surface area contributed by atoms with Crippen LogP contribution in [0.2, 0.25) is 0 Å². The Morgan fingerprint density at radius 1 is 1.25 bits per heavy atom. The smallest absolute Gasteiger partial charge is 0.348 e. The minimum absolute atomic E-state index is 0.0798. The van der Waals surface area contributed by atoms with Gasteiger partial charge in [-0.15, -0.1) is 0 Å². The van der Waals surface area contributed by atoms with Crippen LogP contribution in [0.4, 0.5) is 5.69 Å². The summed E-state index contributed by atoms with van der Waals surface area (Å²) in [6, 6.07) is 8.29. The number of anilines is 1. The van der Waals surface area contributed by atoms with Gasteiger partial charge in [0.15, 0.2) is 0 Å². The number of aromatic hydroxyl groups is 1. The minimum atomic E-state index is -0.710. The molecule has 7 nitrogen and oxygen atoms in total. The third-order valence-corrected chi connectivity index (χ3v) is 3.39. The molecule has 1 aromatic carbocycles. The van der Waals surface area contributed by atoms with Gasteiger partial charge >= 0.3 is 5.63 Å². The first-order valence-corrected chi connectivity index (χ1v) is 7.25. The van der Waals surface area contributed by atoms with Gasteiger partial charge in [-0.2, -0.15) is 5.10 Å². The Morgan fingerprint density at radius 3 is 2.42 bits per heavy atom. The van der Waals surface area contributed by atoms with Crippen LogP contribution < -0.4 is 16.0 Å². The maximum absolute atomic E-state index is 12.1. The Morgan fingerprint density at radius 2 is 1.88 bits per heavy atom. The summed E-state index contributed by atoms with van der Waals surface area (Å²) in [5, 5.41) is 13.7. The van der Waals surface area contributed by atoms with Gasteiger partial charge in [-0.3, -0.25) is 4.79 Å². The fraction of sp³-hybridized carbons (Fsp3) is 0.235. The van der Waals surface area contributed by atoms with Crippen molar-refractivity contribution in [1.29, 1.82) is 0 Å². The van der Waals surface area contributed by atoms with Gasteiger partial charge in [-0.05, 0) is 38.1 Å². The number of nitrogens with one attached hydrogen (secondary N) is 1. The molecular formula is C17H19N3O4. The Hall–Kier alpha value is -3.09. The van der Waals surface area contributed by atoms with Gasteiger partial charge in [-0.25, -0.2) is 10.2 Å². The van der Waals surface area contributed by atoms with Crippen molar-refractivity contribution in [2.75, 3.05) is 19.0 Å². The van der Waals surface area contributed by atoms with Crippen molar-refractivity contribution in [1.82, 2.24) is 5.43 Å². The van der Waals surface area contributed by atoms with Crippen molar-refractivity contribution < 1.29 is 14.3 Å². The van der Waals surface area contributed by atoms with Crippen molar-refractivity contribution in [3.05, 3.63) is 57.6 Å². The average molecular weight is 329 g/mol. The Labute approximate surface area is 139 Å². The Bertz CT molecular complexity index is 836. The maximum Gasteiger partial charge on any atom is 0.348 e. The number of nitrogens with zero attached hydrogens (tertiary/aromatic N) is 2. The van der Waals surface area contributed by atoms with Gasteiger partial charge in [0.2, 0.25) is 0 Å². The Kier molecular flexibility index (Phi) is 5.03. The fourth-order valence-corrected chi connectivity index (χ4v) is 2.10. The molecule has 0 saturated carbocycles. The molecule has 1 aromatic heterocycles. The molecule has 24 heavy (non-hydrogen) atoms. The molecule has 7 heteroatoms. The van der Waals surface area contributed by atoms with E-state index in [9.17, 15) is 14.7 Å². The van der Waals surface area contributed by atoms with Gasteiger partial charge < -0.3 is 14.4 Å². The monoisotopic (exact) mass is 329 g/mol. The number of hydrogen-bond acceptors (Lipinski definition) is 6. The van der Waals surface area contributed by atoms with E-state index < -0.39 is 11.5 Å². The maximum atomic E-state index is 12.1. The van der Waals surface area contributed by atoms with Crippen LogP contribution in [0.1, 0.15) is 28.6 Å². The zero-order chi connectivity index (χ0) is 17.9. The molecule has 2 N–H and O–H groups in total. The summed E-state index contributed by atoms with van der Waals surface area (Å²) in [5.74, 6) is -0.371. The number of aryl methyl sites for hydroxylation is 1. The minimum Gasteiger partial charge on any atom is -0.507 e. The van der Waals surface area contributed by atoms with E-state index in [1.54, 1.807) is 19.1 Å². The fourth-order valence-electron chi connectivity index (χ4n) is 2.10. The summed E-state index contributed by atoms with van der Waals surface area (Å²) in [5.41, 5.74) is 3.12. The van der Waals surface area contributed by atoms with Crippen molar-refractivity contribution >= 4 is 17.3 Å². The molecule has 2 rings (SSSR count). The first kappa shape index (κ1) is 17.3. The van der Waals surface area contributed by atoms with Gasteiger partial charge in [0.05, 0.1) is 5.71 Å². The highest BCUT2D eigenvalue weighted by atomic mass is 16.4. The summed E-state index contributed by atoms with van der Waals surface area (Å²) >= 11 is 0. The second kappa shape index (κ2) is 6.99. The summed E-state index contributed by atoms with van der Waals surface area (Å²) in [4.78, 5) is 25.8. The number of carbonyl (C=O) groups is 1. The molecule has 0 saturated heterocycles. The Balaban J connectivity index is 2.18. The highest BCUT2D eigenvalue weighted by molar-refractivity contribution is 6.02. The van der Waals surface area contributed by atoms with E-state index in [1.807, 2.05) is 31.1 Å². The highest BCUT2D eigenvalue weighted by Gasteiger charge is 2.13. The molecule has 0 unspecified atom stereocenters. The number of amides is 1. The summed E-state index contributed by atoms with van der Waals surface area (Å²) in [7, 11) is 3.81. The lowest BCUT2D eigenvalue weighted by molar-refractivity contribution is 0.0955. The SMILES string of the molecule is C/C(=N/NC(=O)c1ccc(N(C)C)cc1)c1c(O)cc(C)oc1=O. The van der Waals surface area contributed by atoms with Crippen molar-refractivity contribution in [3.63, 3.8) is 0 Å². The molecular weight excluding hydrogens is 310 g/mol. The predicted octanol–water partition coefficient (Wildman–Crippen LogP) is 1.87. The van der Waals surface area contributed by atoms with Gasteiger partial charge in [-0.1, -0.05) is 0 Å². The van der Waals surface area contributed by atoms with Crippen LogP contribution in [0.3, 0.4) is 0 Å². The van der Waals surface area contributed by atoms with E-state index in [2.05, 4.69) is 10.5 Å². The van der Waals surface area contributed by atoms with Crippen LogP contribution >= 0.6 is 0 Å². The van der Waals surface area contributed by atoms with Crippen LogP contribution in [0.25, 0.3) is 0 Å². The molecule has 0 bridgehead atoms. The van der Waals surface area contributed by atoms with Crippen LogP contribution in [0.5, 0.6) is 5.75 Å². The zero-order valence-corrected chi connectivity index (χ0v) is 14.0. The average Bonchev–Trinajstić information content (AvgIpc) is 2.51. The summed E-state index contributed by atoms with van der Waals surface area (Å²) in [6.07, 6.45) is 0. The summed E-state index contributed by atoms with van der Waals surface area (Å²) in [6.45, 7) is 3.05. The lowest BCUT2D eigenvalue weighted by Crippen LogP contribution is -2.21. The number of rotatable bonds is 4.